The number of nitro benzene ring substituents is 1. The van der Waals surface area contributed by atoms with Crippen LogP contribution in [-0.2, 0) is 0 Å². The van der Waals surface area contributed by atoms with Crippen LogP contribution in [0.2, 0.25) is 10.0 Å². The Labute approximate surface area is 132 Å². The van der Waals surface area contributed by atoms with Crippen molar-refractivity contribution in [2.45, 2.75) is 26.3 Å². The minimum absolute atomic E-state index is 0.0416. The van der Waals surface area contributed by atoms with E-state index in [9.17, 15) is 14.9 Å². The molecule has 1 amide bonds. The van der Waals surface area contributed by atoms with E-state index in [1.54, 1.807) is 0 Å². The van der Waals surface area contributed by atoms with Gasteiger partial charge in [0, 0.05) is 30.8 Å². The van der Waals surface area contributed by atoms with Gasteiger partial charge in [0.1, 0.15) is 5.02 Å². The lowest BCUT2D eigenvalue weighted by molar-refractivity contribution is -0.384. The Morgan fingerprint density at radius 2 is 2.05 bits per heavy atom. The molecule has 0 aliphatic carbocycles. The third-order valence-corrected chi connectivity index (χ3v) is 3.69. The summed E-state index contributed by atoms with van der Waals surface area (Å²) in [6, 6.07) is 2.32. The van der Waals surface area contributed by atoms with E-state index < -0.39 is 10.6 Å². The maximum absolute atomic E-state index is 12.5. The van der Waals surface area contributed by atoms with Crippen molar-refractivity contribution in [3.05, 3.63) is 37.9 Å². The Balaban J connectivity index is 3.19. The van der Waals surface area contributed by atoms with E-state index in [2.05, 4.69) is 0 Å². The van der Waals surface area contributed by atoms with E-state index in [1.165, 1.54) is 11.0 Å². The third-order valence-electron chi connectivity index (χ3n) is 2.89. The minimum atomic E-state index is -0.682. The summed E-state index contributed by atoms with van der Waals surface area (Å²) in [6.07, 6.45) is 0.424. The van der Waals surface area contributed by atoms with Crippen LogP contribution in [-0.4, -0.2) is 40.0 Å². The predicted molar refractivity (Wildman–Crippen MR) is 81.0 cm³/mol. The van der Waals surface area contributed by atoms with Crippen molar-refractivity contribution in [3.8, 4) is 0 Å². The molecular weight excluding hydrogens is 319 g/mol. The molecule has 0 fully saturated rings. The Morgan fingerprint density at radius 1 is 1.43 bits per heavy atom. The zero-order chi connectivity index (χ0) is 16.2. The molecule has 1 aromatic rings. The molecule has 0 atom stereocenters. The summed E-state index contributed by atoms with van der Waals surface area (Å²) < 4.78 is 0. The van der Waals surface area contributed by atoms with Gasteiger partial charge in [-0.3, -0.25) is 14.9 Å². The molecule has 116 valence electrons. The fourth-order valence-corrected chi connectivity index (χ4v) is 2.22. The lowest BCUT2D eigenvalue weighted by Gasteiger charge is -2.26. The highest BCUT2D eigenvalue weighted by molar-refractivity contribution is 6.43. The molecule has 1 rings (SSSR count). The van der Waals surface area contributed by atoms with Gasteiger partial charge >= 0.3 is 0 Å². The number of carbonyl (C=O) groups excluding carboxylic acids is 1. The summed E-state index contributed by atoms with van der Waals surface area (Å²) in [7, 11) is 0. The first-order chi connectivity index (χ1) is 9.79. The topological polar surface area (TPSA) is 83.7 Å². The monoisotopic (exact) mass is 334 g/mol. The maximum Gasteiger partial charge on any atom is 0.290 e. The van der Waals surface area contributed by atoms with Gasteiger partial charge in [0.25, 0.3) is 11.6 Å². The van der Waals surface area contributed by atoms with Crippen LogP contribution in [0.15, 0.2) is 12.1 Å². The molecule has 0 aromatic heterocycles. The number of nitrogens with zero attached hydrogens (tertiary/aromatic N) is 2. The van der Waals surface area contributed by atoms with Crippen molar-refractivity contribution in [1.82, 2.24) is 4.90 Å². The molecule has 0 saturated carbocycles. The summed E-state index contributed by atoms with van der Waals surface area (Å²) in [5.41, 5.74) is -0.305. The van der Waals surface area contributed by atoms with Gasteiger partial charge in [-0.05, 0) is 26.3 Å². The Kier molecular flexibility index (Phi) is 6.39. The van der Waals surface area contributed by atoms with Gasteiger partial charge in [-0.25, -0.2) is 0 Å². The van der Waals surface area contributed by atoms with Crippen LogP contribution < -0.4 is 0 Å². The van der Waals surface area contributed by atoms with Crippen LogP contribution in [0.1, 0.15) is 30.6 Å². The second-order valence-electron chi connectivity index (χ2n) is 4.72. The first-order valence-electron chi connectivity index (χ1n) is 6.34. The number of carbonyl (C=O) groups is 1. The number of hydrogen-bond donors (Lipinski definition) is 1. The first-order valence-corrected chi connectivity index (χ1v) is 7.10. The molecule has 6 nitrogen and oxygen atoms in total. The van der Waals surface area contributed by atoms with Crippen LogP contribution in [0, 0.1) is 10.1 Å². The van der Waals surface area contributed by atoms with Crippen LogP contribution in [0.25, 0.3) is 0 Å². The standard InChI is InChI=1S/C13H16Cl2N2O4/c1-8(2)16(4-3-5-18)13(19)9-6-10(14)12(15)11(7-9)17(20)21/h6-8,18H,3-5H2,1-2H3. The molecular formula is C13H16Cl2N2O4. The predicted octanol–water partition coefficient (Wildman–Crippen LogP) is 3.13. The molecule has 21 heavy (non-hydrogen) atoms. The SMILES string of the molecule is CC(C)N(CCCO)C(=O)c1cc(Cl)c(Cl)c([N+](=O)[O-])c1. The van der Waals surface area contributed by atoms with Gasteiger partial charge in [-0.1, -0.05) is 23.2 Å². The number of aliphatic hydroxyl groups is 1. The van der Waals surface area contributed by atoms with Crippen LogP contribution in [0.5, 0.6) is 0 Å². The van der Waals surface area contributed by atoms with Gasteiger partial charge < -0.3 is 10.0 Å². The summed E-state index contributed by atoms with van der Waals surface area (Å²) in [5, 5.41) is 19.6. The molecule has 0 radical (unpaired) electrons. The Hall–Kier alpha value is -1.37. The van der Waals surface area contributed by atoms with Crippen molar-refractivity contribution in [3.63, 3.8) is 0 Å². The van der Waals surface area contributed by atoms with Crippen molar-refractivity contribution < 1.29 is 14.8 Å². The quantitative estimate of drug-likeness (QED) is 0.639. The molecule has 0 aliphatic rings. The van der Waals surface area contributed by atoms with E-state index >= 15 is 0 Å². The average Bonchev–Trinajstić information content (AvgIpc) is 2.41. The van der Waals surface area contributed by atoms with Crippen LogP contribution >= 0.6 is 23.2 Å². The highest BCUT2D eigenvalue weighted by Crippen LogP contribution is 2.33. The van der Waals surface area contributed by atoms with Crippen LogP contribution in [0.3, 0.4) is 0 Å². The summed E-state index contributed by atoms with van der Waals surface area (Å²) in [5.74, 6) is -0.389. The molecule has 0 saturated heterocycles. The van der Waals surface area contributed by atoms with E-state index in [0.717, 1.165) is 6.07 Å². The molecule has 0 heterocycles. The van der Waals surface area contributed by atoms with E-state index in [4.69, 9.17) is 28.3 Å². The largest absolute Gasteiger partial charge is 0.396 e. The number of nitro groups is 1. The fourth-order valence-electron chi connectivity index (χ4n) is 1.83. The second-order valence-corrected chi connectivity index (χ2v) is 5.50. The lowest BCUT2D eigenvalue weighted by atomic mass is 10.1. The molecule has 0 unspecified atom stereocenters. The third kappa shape index (κ3) is 4.30. The maximum atomic E-state index is 12.5. The van der Waals surface area contributed by atoms with E-state index in [-0.39, 0.29) is 34.2 Å². The summed E-state index contributed by atoms with van der Waals surface area (Å²) >= 11 is 11.6. The average molecular weight is 335 g/mol. The lowest BCUT2D eigenvalue weighted by Crippen LogP contribution is -2.38. The number of hydrogen-bond acceptors (Lipinski definition) is 4. The van der Waals surface area contributed by atoms with Gasteiger partial charge in [0.15, 0.2) is 0 Å². The Morgan fingerprint density at radius 3 is 2.52 bits per heavy atom. The number of aliphatic hydroxyl groups excluding tert-OH is 1. The van der Waals surface area contributed by atoms with Crippen molar-refractivity contribution in [2.24, 2.45) is 0 Å². The number of rotatable bonds is 6. The first kappa shape index (κ1) is 17.7. The molecule has 1 aromatic carbocycles. The molecule has 0 spiro atoms. The fraction of sp³-hybridized carbons (Fsp3) is 0.462. The smallest absolute Gasteiger partial charge is 0.290 e. The number of amides is 1. The normalized spacial score (nSPS) is 10.8. The van der Waals surface area contributed by atoms with E-state index in [0.29, 0.717) is 13.0 Å². The minimum Gasteiger partial charge on any atom is -0.396 e. The van der Waals surface area contributed by atoms with Crippen molar-refractivity contribution >= 4 is 34.8 Å². The molecule has 0 bridgehead atoms. The molecule has 1 N–H and O–H groups in total. The zero-order valence-corrected chi connectivity index (χ0v) is 13.2. The second kappa shape index (κ2) is 7.59. The van der Waals surface area contributed by atoms with Crippen LogP contribution in [0.4, 0.5) is 5.69 Å². The summed E-state index contributed by atoms with van der Waals surface area (Å²) in [6.45, 7) is 3.95. The van der Waals surface area contributed by atoms with Gasteiger partial charge in [0.2, 0.25) is 0 Å². The molecule has 0 aliphatic heterocycles. The molecule has 8 heteroatoms. The van der Waals surface area contributed by atoms with Crippen molar-refractivity contribution in [2.75, 3.05) is 13.2 Å². The summed E-state index contributed by atoms with van der Waals surface area (Å²) in [4.78, 5) is 24.2. The van der Waals surface area contributed by atoms with Gasteiger partial charge in [0.05, 0.1) is 9.95 Å². The van der Waals surface area contributed by atoms with Crippen molar-refractivity contribution in [1.29, 1.82) is 0 Å². The zero-order valence-electron chi connectivity index (χ0n) is 11.7. The Bertz CT molecular complexity index is 549. The highest BCUT2D eigenvalue weighted by atomic mass is 35.5. The highest BCUT2D eigenvalue weighted by Gasteiger charge is 2.24. The number of halogens is 2. The number of benzene rings is 1. The van der Waals surface area contributed by atoms with E-state index in [1.807, 2.05) is 13.8 Å². The van der Waals surface area contributed by atoms with Gasteiger partial charge in [-0.15, -0.1) is 0 Å². The van der Waals surface area contributed by atoms with Gasteiger partial charge in [-0.2, -0.15) is 0 Å².